The lowest BCUT2D eigenvalue weighted by molar-refractivity contribution is -0.0565. The summed E-state index contributed by atoms with van der Waals surface area (Å²) in [5.41, 5.74) is 3.43. The minimum Gasteiger partial charge on any atom is -0.489 e. The molecular weight excluding hydrogens is 254 g/mol. The molecule has 0 saturated carbocycles. The molecule has 1 heterocycles. The molecule has 5 heteroatoms. The van der Waals surface area contributed by atoms with Crippen LogP contribution in [0.3, 0.4) is 0 Å². The first kappa shape index (κ1) is 16.9. The summed E-state index contributed by atoms with van der Waals surface area (Å²) in [7, 11) is 0. The molecule has 1 aromatic heterocycles. The van der Waals surface area contributed by atoms with E-state index in [1.54, 1.807) is 12.4 Å². The molecule has 2 atom stereocenters. The van der Waals surface area contributed by atoms with Crippen molar-refractivity contribution in [3.63, 3.8) is 0 Å². The predicted molar refractivity (Wildman–Crippen MR) is 80.4 cm³/mol. The van der Waals surface area contributed by atoms with Gasteiger partial charge in [0.1, 0.15) is 5.75 Å². The Labute approximate surface area is 121 Å². The average Bonchev–Trinajstić information content (AvgIpc) is 2.39. The third kappa shape index (κ3) is 4.16. The number of nitrogens with one attached hydrogen (secondary N) is 1. The number of nitrogens with zero attached hydrogens (tertiary/aromatic N) is 1. The summed E-state index contributed by atoms with van der Waals surface area (Å²) in [6.07, 6.45) is 4.46. The second kappa shape index (κ2) is 7.57. The summed E-state index contributed by atoms with van der Waals surface area (Å²) < 4.78 is 11.6. The van der Waals surface area contributed by atoms with Crippen LogP contribution in [0.25, 0.3) is 0 Å². The number of pyridine rings is 1. The number of nitrogens with two attached hydrogens (primary N) is 1. The van der Waals surface area contributed by atoms with Crippen LogP contribution in [0.5, 0.6) is 5.75 Å². The second-order valence-corrected chi connectivity index (χ2v) is 5.32. The van der Waals surface area contributed by atoms with Crippen LogP contribution in [0, 0.1) is 0 Å². The van der Waals surface area contributed by atoms with E-state index in [0.717, 1.165) is 17.7 Å². The van der Waals surface area contributed by atoms with Crippen molar-refractivity contribution in [3.8, 4) is 5.75 Å². The first-order chi connectivity index (χ1) is 9.46. The number of hydrogen-bond donors (Lipinski definition) is 2. The van der Waals surface area contributed by atoms with E-state index < -0.39 is 0 Å². The Bertz CT molecular complexity index is 412. The molecule has 1 aromatic rings. The highest BCUT2D eigenvalue weighted by Crippen LogP contribution is 2.32. The smallest absolute Gasteiger partial charge is 0.138 e. The molecule has 20 heavy (non-hydrogen) atoms. The van der Waals surface area contributed by atoms with Gasteiger partial charge in [0.2, 0.25) is 0 Å². The number of hydrogen-bond acceptors (Lipinski definition) is 5. The van der Waals surface area contributed by atoms with Gasteiger partial charge in [0.25, 0.3) is 0 Å². The van der Waals surface area contributed by atoms with Gasteiger partial charge >= 0.3 is 0 Å². The molecule has 3 N–H and O–H groups in total. The molecule has 0 amide bonds. The molecule has 1 rings (SSSR count). The molecule has 5 nitrogen and oxygen atoms in total. The minimum absolute atomic E-state index is 0.112. The van der Waals surface area contributed by atoms with Crippen LogP contribution >= 0.6 is 0 Å². The molecular formula is C15H27N3O2. The van der Waals surface area contributed by atoms with Crippen LogP contribution in [-0.2, 0) is 4.74 Å². The second-order valence-electron chi connectivity index (χ2n) is 5.32. The predicted octanol–water partition coefficient (Wildman–Crippen LogP) is 2.58. The first-order valence-corrected chi connectivity index (χ1v) is 7.18. The van der Waals surface area contributed by atoms with E-state index in [-0.39, 0.29) is 17.7 Å². The number of ether oxygens (including phenoxy) is 2. The van der Waals surface area contributed by atoms with Gasteiger partial charge in [-0.15, -0.1) is 0 Å². The maximum Gasteiger partial charge on any atom is 0.138 e. The molecule has 0 spiro atoms. The fourth-order valence-corrected chi connectivity index (χ4v) is 2.27. The summed E-state index contributed by atoms with van der Waals surface area (Å²) >= 11 is 0. The van der Waals surface area contributed by atoms with E-state index in [4.69, 9.17) is 15.3 Å². The van der Waals surface area contributed by atoms with Crippen LogP contribution in [0.15, 0.2) is 18.5 Å². The van der Waals surface area contributed by atoms with Gasteiger partial charge in [-0.3, -0.25) is 16.3 Å². The van der Waals surface area contributed by atoms with Crippen LogP contribution in [0.4, 0.5) is 0 Å². The molecule has 0 aromatic carbocycles. The Balaban J connectivity index is 3.05. The fraction of sp³-hybridized carbons (Fsp3) is 0.667. The lowest BCUT2D eigenvalue weighted by atomic mass is 9.88. The van der Waals surface area contributed by atoms with Crippen molar-refractivity contribution in [3.05, 3.63) is 24.0 Å². The largest absolute Gasteiger partial charge is 0.489 e. The molecule has 0 aliphatic rings. The number of hydrazine groups is 1. The molecule has 0 aliphatic heterocycles. The standard InChI is InChI=1S/C15H27N3O2/c1-6-15(5,19-7-2)14(18-16)12-8-13(10-17-9-12)20-11(3)4/h8-11,14,18H,6-7,16H2,1-5H3. The van der Waals surface area contributed by atoms with Gasteiger partial charge < -0.3 is 9.47 Å². The minimum atomic E-state index is -0.387. The average molecular weight is 281 g/mol. The summed E-state index contributed by atoms with van der Waals surface area (Å²) in [4.78, 5) is 4.24. The third-order valence-electron chi connectivity index (χ3n) is 3.39. The van der Waals surface area contributed by atoms with Crippen molar-refractivity contribution in [1.82, 2.24) is 10.4 Å². The zero-order chi connectivity index (χ0) is 15.2. The van der Waals surface area contributed by atoms with Crippen LogP contribution in [0.1, 0.15) is 52.6 Å². The van der Waals surface area contributed by atoms with Crippen molar-refractivity contribution < 1.29 is 9.47 Å². The van der Waals surface area contributed by atoms with Crippen molar-refractivity contribution in [2.75, 3.05) is 6.61 Å². The first-order valence-electron chi connectivity index (χ1n) is 7.18. The van der Waals surface area contributed by atoms with E-state index in [9.17, 15) is 0 Å². The van der Waals surface area contributed by atoms with E-state index in [1.165, 1.54) is 0 Å². The molecule has 0 aliphatic carbocycles. The van der Waals surface area contributed by atoms with Gasteiger partial charge in [0.05, 0.1) is 23.9 Å². The summed E-state index contributed by atoms with van der Waals surface area (Å²) in [6.45, 7) is 10.7. The van der Waals surface area contributed by atoms with E-state index in [2.05, 4.69) is 24.3 Å². The molecule has 0 bridgehead atoms. The van der Waals surface area contributed by atoms with E-state index in [1.807, 2.05) is 26.8 Å². The lowest BCUT2D eigenvalue weighted by Crippen LogP contribution is -2.46. The monoisotopic (exact) mass is 281 g/mol. The van der Waals surface area contributed by atoms with Gasteiger partial charge in [-0.05, 0) is 45.7 Å². The van der Waals surface area contributed by atoms with Crippen molar-refractivity contribution >= 4 is 0 Å². The van der Waals surface area contributed by atoms with E-state index >= 15 is 0 Å². The normalized spacial score (nSPS) is 15.9. The quantitative estimate of drug-likeness (QED) is 0.566. The Morgan fingerprint density at radius 1 is 1.35 bits per heavy atom. The van der Waals surface area contributed by atoms with Gasteiger partial charge in [-0.1, -0.05) is 6.92 Å². The molecule has 114 valence electrons. The molecule has 0 radical (unpaired) electrons. The summed E-state index contributed by atoms with van der Waals surface area (Å²) in [5, 5.41) is 0. The van der Waals surface area contributed by atoms with E-state index in [0.29, 0.717) is 6.61 Å². The fourth-order valence-electron chi connectivity index (χ4n) is 2.27. The Morgan fingerprint density at radius 2 is 2.05 bits per heavy atom. The van der Waals surface area contributed by atoms with Gasteiger partial charge in [0, 0.05) is 12.8 Å². The highest BCUT2D eigenvalue weighted by molar-refractivity contribution is 5.28. The van der Waals surface area contributed by atoms with Crippen molar-refractivity contribution in [1.29, 1.82) is 0 Å². The van der Waals surface area contributed by atoms with Gasteiger partial charge in [-0.2, -0.15) is 0 Å². The van der Waals surface area contributed by atoms with Crippen molar-refractivity contribution in [2.24, 2.45) is 5.84 Å². The molecule has 0 fully saturated rings. The zero-order valence-electron chi connectivity index (χ0n) is 13.1. The topological polar surface area (TPSA) is 69.4 Å². The maximum atomic E-state index is 5.90. The Morgan fingerprint density at radius 3 is 2.55 bits per heavy atom. The lowest BCUT2D eigenvalue weighted by Gasteiger charge is -2.36. The molecule has 2 unspecified atom stereocenters. The Kier molecular flexibility index (Phi) is 6.39. The summed E-state index contributed by atoms with van der Waals surface area (Å²) in [5.74, 6) is 6.49. The van der Waals surface area contributed by atoms with Gasteiger partial charge in [-0.25, -0.2) is 0 Å². The summed E-state index contributed by atoms with van der Waals surface area (Å²) in [6, 6.07) is 1.82. The van der Waals surface area contributed by atoms with Crippen LogP contribution < -0.4 is 16.0 Å². The van der Waals surface area contributed by atoms with Gasteiger partial charge in [0.15, 0.2) is 0 Å². The zero-order valence-corrected chi connectivity index (χ0v) is 13.1. The van der Waals surface area contributed by atoms with Crippen molar-refractivity contribution in [2.45, 2.75) is 58.8 Å². The highest BCUT2D eigenvalue weighted by Gasteiger charge is 2.34. The number of rotatable bonds is 8. The third-order valence-corrected chi connectivity index (χ3v) is 3.39. The van der Waals surface area contributed by atoms with Crippen LogP contribution in [-0.4, -0.2) is 23.3 Å². The maximum absolute atomic E-state index is 5.90. The molecule has 0 saturated heterocycles. The SMILES string of the molecule is CCOC(C)(CC)C(NN)c1cncc(OC(C)C)c1. The highest BCUT2D eigenvalue weighted by atomic mass is 16.5. The number of aromatic nitrogens is 1. The Hall–Kier alpha value is -1.17. The van der Waals surface area contributed by atoms with Crippen LogP contribution in [0.2, 0.25) is 0 Å².